The van der Waals surface area contributed by atoms with Gasteiger partial charge in [-0.1, -0.05) is 0 Å². The highest BCUT2D eigenvalue weighted by molar-refractivity contribution is 5.76. The summed E-state index contributed by atoms with van der Waals surface area (Å²) >= 11 is 0. The first kappa shape index (κ1) is 12.3. The van der Waals surface area contributed by atoms with E-state index < -0.39 is 17.3 Å². The Hall–Kier alpha value is -2.18. The molecule has 18 heavy (non-hydrogen) atoms. The van der Waals surface area contributed by atoms with E-state index >= 15 is 0 Å². The summed E-state index contributed by atoms with van der Waals surface area (Å²) in [6.45, 7) is -0.306. The summed E-state index contributed by atoms with van der Waals surface area (Å²) in [6.07, 6.45) is -3.40. The Morgan fingerprint density at radius 1 is 1.33 bits per heavy atom. The van der Waals surface area contributed by atoms with E-state index in [-0.39, 0.29) is 17.6 Å². The predicted molar refractivity (Wildman–Crippen MR) is 57.1 cm³/mol. The molecule has 0 spiro atoms. The van der Waals surface area contributed by atoms with E-state index in [1.807, 2.05) is 0 Å². The van der Waals surface area contributed by atoms with Crippen molar-refractivity contribution in [3.8, 4) is 0 Å². The van der Waals surface area contributed by atoms with Crippen molar-refractivity contribution < 1.29 is 18.0 Å². The lowest BCUT2D eigenvalue weighted by Crippen LogP contribution is -2.20. The van der Waals surface area contributed by atoms with E-state index in [2.05, 4.69) is 4.98 Å². The summed E-state index contributed by atoms with van der Waals surface area (Å²) in [5.74, 6) is 0. The minimum atomic E-state index is -4.54. The number of aldehydes is 1. The van der Waals surface area contributed by atoms with Crippen molar-refractivity contribution in [1.29, 1.82) is 0 Å². The van der Waals surface area contributed by atoms with Gasteiger partial charge in [0.05, 0.1) is 23.1 Å². The van der Waals surface area contributed by atoms with Gasteiger partial charge in [0.2, 0.25) is 0 Å². The highest BCUT2D eigenvalue weighted by Crippen LogP contribution is 2.29. The van der Waals surface area contributed by atoms with Crippen LogP contribution in [0.3, 0.4) is 0 Å². The summed E-state index contributed by atoms with van der Waals surface area (Å²) < 4.78 is 38.6. The second kappa shape index (κ2) is 4.25. The molecule has 0 N–H and O–H groups in total. The van der Waals surface area contributed by atoms with Gasteiger partial charge >= 0.3 is 6.18 Å². The van der Waals surface area contributed by atoms with E-state index in [4.69, 9.17) is 0 Å². The number of fused-ring (bicyclic) bond motifs is 1. The van der Waals surface area contributed by atoms with Gasteiger partial charge in [0, 0.05) is 12.3 Å². The lowest BCUT2D eigenvalue weighted by molar-refractivity contribution is -0.137. The van der Waals surface area contributed by atoms with Crippen LogP contribution in [0.25, 0.3) is 11.0 Å². The molecule has 0 unspecified atom stereocenters. The molecular weight excluding hydrogens is 249 g/mol. The molecule has 2 aromatic rings. The molecule has 0 aliphatic carbocycles. The number of aromatic nitrogens is 2. The number of carbonyl (C=O) groups excluding carboxylic acids is 1. The fraction of sp³-hybridized carbons (Fsp3) is 0.182. The summed E-state index contributed by atoms with van der Waals surface area (Å²) in [6, 6.07) is 3.29. The van der Waals surface area contributed by atoms with Gasteiger partial charge in [-0.05, 0) is 12.1 Å². The van der Waals surface area contributed by atoms with Crippen LogP contribution in [0.4, 0.5) is 13.2 Å². The average molecular weight is 256 g/mol. The lowest BCUT2D eigenvalue weighted by atomic mass is 10.2. The van der Waals surface area contributed by atoms with Crippen molar-refractivity contribution in [1.82, 2.24) is 9.55 Å². The molecule has 4 nitrogen and oxygen atoms in total. The molecule has 7 heteroatoms. The number of nitrogens with zero attached hydrogens (tertiary/aromatic N) is 2. The number of pyridine rings is 2. The monoisotopic (exact) mass is 256 g/mol. The zero-order valence-electron chi connectivity index (χ0n) is 8.94. The lowest BCUT2D eigenvalue weighted by Gasteiger charge is -2.10. The summed E-state index contributed by atoms with van der Waals surface area (Å²) in [7, 11) is 0. The molecule has 0 bridgehead atoms. The van der Waals surface area contributed by atoms with Crippen molar-refractivity contribution in [2.24, 2.45) is 0 Å². The van der Waals surface area contributed by atoms with Crippen LogP contribution < -0.4 is 5.56 Å². The number of alkyl halides is 3. The van der Waals surface area contributed by atoms with E-state index in [1.54, 1.807) is 0 Å². The topological polar surface area (TPSA) is 52.0 Å². The number of carbonyl (C=O) groups is 1. The largest absolute Gasteiger partial charge is 0.417 e. The molecule has 2 rings (SSSR count). The maximum absolute atomic E-state index is 12.5. The van der Waals surface area contributed by atoms with E-state index in [9.17, 15) is 22.8 Å². The number of halogens is 3. The molecule has 0 atom stereocenters. The molecule has 0 amide bonds. The van der Waals surface area contributed by atoms with Gasteiger partial charge in [-0.15, -0.1) is 0 Å². The van der Waals surface area contributed by atoms with E-state index in [0.29, 0.717) is 12.5 Å². The average Bonchev–Trinajstić information content (AvgIpc) is 2.31. The fourth-order valence-electron chi connectivity index (χ4n) is 1.59. The maximum atomic E-state index is 12.5. The van der Waals surface area contributed by atoms with Crippen LogP contribution in [0.15, 0.2) is 29.2 Å². The SMILES string of the molecule is O=CCn1c(=O)ccc2ncc(C(F)(F)F)cc21. The normalized spacial score (nSPS) is 11.7. The molecule has 0 aliphatic rings. The Morgan fingerprint density at radius 3 is 2.67 bits per heavy atom. The third-order valence-corrected chi connectivity index (χ3v) is 2.42. The fourth-order valence-corrected chi connectivity index (χ4v) is 1.59. The van der Waals surface area contributed by atoms with Gasteiger partial charge in [-0.3, -0.25) is 14.3 Å². The molecule has 2 heterocycles. The van der Waals surface area contributed by atoms with Crippen LogP contribution in [-0.4, -0.2) is 15.8 Å². The maximum Gasteiger partial charge on any atom is 0.417 e. The van der Waals surface area contributed by atoms with Gasteiger partial charge in [0.25, 0.3) is 5.56 Å². The number of hydrogen-bond acceptors (Lipinski definition) is 3. The summed E-state index contributed by atoms with van der Waals surface area (Å²) in [5, 5.41) is 0. The quantitative estimate of drug-likeness (QED) is 0.767. The van der Waals surface area contributed by atoms with Crippen LogP contribution in [0.1, 0.15) is 5.56 Å². The van der Waals surface area contributed by atoms with Crippen LogP contribution in [0.5, 0.6) is 0 Å². The zero-order chi connectivity index (χ0) is 13.3. The molecule has 0 radical (unpaired) electrons. The van der Waals surface area contributed by atoms with Crippen molar-refractivity contribution in [3.63, 3.8) is 0 Å². The highest BCUT2D eigenvalue weighted by atomic mass is 19.4. The minimum absolute atomic E-state index is 0.00979. The molecule has 0 aromatic carbocycles. The predicted octanol–water partition coefficient (Wildman–Crippen LogP) is 1.61. The summed E-state index contributed by atoms with van der Waals surface area (Å²) in [5.41, 5.74) is -1.29. The number of hydrogen-bond donors (Lipinski definition) is 0. The van der Waals surface area contributed by atoms with Gasteiger partial charge in [-0.25, -0.2) is 0 Å². The molecule has 94 valence electrons. The van der Waals surface area contributed by atoms with Gasteiger partial charge in [0.1, 0.15) is 6.29 Å². The Kier molecular flexibility index (Phi) is 2.90. The Labute approximate surface area is 98.7 Å². The Morgan fingerprint density at radius 2 is 2.06 bits per heavy atom. The van der Waals surface area contributed by atoms with Gasteiger partial charge in [-0.2, -0.15) is 13.2 Å². The molecule has 0 saturated carbocycles. The first-order valence-corrected chi connectivity index (χ1v) is 4.94. The molecule has 0 fully saturated rings. The molecule has 0 aliphatic heterocycles. The minimum Gasteiger partial charge on any atom is -0.301 e. The molecule has 2 aromatic heterocycles. The zero-order valence-corrected chi connectivity index (χ0v) is 8.94. The first-order chi connectivity index (χ1) is 8.43. The van der Waals surface area contributed by atoms with Crippen LogP contribution in [0, 0.1) is 0 Å². The molecular formula is C11H7F3N2O2. The van der Waals surface area contributed by atoms with Gasteiger partial charge < -0.3 is 4.79 Å². The van der Waals surface area contributed by atoms with Crippen LogP contribution in [-0.2, 0) is 17.5 Å². The van der Waals surface area contributed by atoms with Gasteiger partial charge in [0.15, 0.2) is 0 Å². The number of rotatable bonds is 2. The third kappa shape index (κ3) is 2.11. The van der Waals surface area contributed by atoms with Crippen molar-refractivity contribution in [2.75, 3.05) is 0 Å². The van der Waals surface area contributed by atoms with E-state index in [0.717, 1.165) is 16.7 Å². The Balaban J connectivity index is 2.77. The van der Waals surface area contributed by atoms with E-state index in [1.165, 1.54) is 6.07 Å². The van der Waals surface area contributed by atoms with Crippen molar-refractivity contribution in [3.05, 3.63) is 40.3 Å². The van der Waals surface area contributed by atoms with Crippen molar-refractivity contribution in [2.45, 2.75) is 12.7 Å². The van der Waals surface area contributed by atoms with Crippen LogP contribution >= 0.6 is 0 Å². The first-order valence-electron chi connectivity index (χ1n) is 4.94. The second-order valence-electron chi connectivity index (χ2n) is 3.57. The Bertz CT molecular complexity index is 661. The second-order valence-corrected chi connectivity index (χ2v) is 3.57. The van der Waals surface area contributed by atoms with Crippen LogP contribution in [0.2, 0.25) is 0 Å². The molecule has 0 saturated heterocycles. The highest BCUT2D eigenvalue weighted by Gasteiger charge is 2.31. The van der Waals surface area contributed by atoms with Crippen molar-refractivity contribution >= 4 is 17.3 Å². The smallest absolute Gasteiger partial charge is 0.301 e. The third-order valence-electron chi connectivity index (χ3n) is 2.42. The summed E-state index contributed by atoms with van der Waals surface area (Å²) in [4.78, 5) is 25.6. The standard InChI is InChI=1S/C11H7F3N2O2/c12-11(13,14)7-5-9-8(15-6-7)1-2-10(18)16(9)3-4-17/h1-2,4-6H,3H2.